The molecule has 12 heavy (non-hydrogen) atoms. The van der Waals surface area contributed by atoms with Gasteiger partial charge in [-0.05, 0) is 31.6 Å². The molecule has 0 heteroatoms. The quantitative estimate of drug-likeness (QED) is 0.475. The van der Waals surface area contributed by atoms with E-state index in [0.29, 0.717) is 5.41 Å². The molecule has 0 saturated heterocycles. The van der Waals surface area contributed by atoms with Gasteiger partial charge in [-0.25, -0.2) is 0 Å². The minimum atomic E-state index is 0.508. The molecule has 0 aromatic rings. The smallest absolute Gasteiger partial charge is 0.0103 e. The molecule has 3 aliphatic rings. The molecule has 1 spiro atoms. The Hall–Kier alpha value is -0.780. The molecular formula is C12H14. The third-order valence-electron chi connectivity index (χ3n) is 3.61. The molecule has 0 radical (unpaired) electrons. The first kappa shape index (κ1) is 6.71. The second-order valence-electron chi connectivity index (χ2n) is 4.31. The number of fused-ring (bicyclic) bond motifs is 1. The van der Waals surface area contributed by atoms with Crippen molar-refractivity contribution in [3.8, 4) is 0 Å². The third-order valence-corrected chi connectivity index (χ3v) is 3.61. The van der Waals surface area contributed by atoms with Gasteiger partial charge in [0.05, 0.1) is 0 Å². The predicted molar refractivity (Wildman–Crippen MR) is 50.8 cm³/mol. The second kappa shape index (κ2) is 2.12. The second-order valence-corrected chi connectivity index (χ2v) is 4.31. The van der Waals surface area contributed by atoms with Gasteiger partial charge < -0.3 is 0 Å². The lowest BCUT2D eigenvalue weighted by Gasteiger charge is -2.22. The molecule has 2 atom stereocenters. The van der Waals surface area contributed by atoms with Crippen molar-refractivity contribution in [3.05, 3.63) is 36.0 Å². The van der Waals surface area contributed by atoms with Gasteiger partial charge in [-0.2, -0.15) is 0 Å². The van der Waals surface area contributed by atoms with Crippen LogP contribution in [-0.2, 0) is 0 Å². The van der Waals surface area contributed by atoms with Crippen LogP contribution in [0.25, 0.3) is 0 Å². The molecule has 1 fully saturated rings. The fourth-order valence-corrected chi connectivity index (χ4v) is 3.05. The molecule has 62 valence electrons. The molecule has 0 nitrogen and oxygen atoms in total. The minimum absolute atomic E-state index is 0.508. The molecule has 0 amide bonds. The van der Waals surface area contributed by atoms with Crippen molar-refractivity contribution in [1.29, 1.82) is 0 Å². The number of allylic oxidation sites excluding steroid dienone is 6. The summed E-state index contributed by atoms with van der Waals surface area (Å²) in [7, 11) is 0. The van der Waals surface area contributed by atoms with Gasteiger partial charge in [-0.3, -0.25) is 0 Å². The van der Waals surface area contributed by atoms with Crippen molar-refractivity contribution in [2.75, 3.05) is 0 Å². The Balaban J connectivity index is 2.12. The summed E-state index contributed by atoms with van der Waals surface area (Å²) in [6.45, 7) is 0. The van der Waals surface area contributed by atoms with Gasteiger partial charge in [-0.15, -0.1) is 0 Å². The maximum absolute atomic E-state index is 2.51. The Morgan fingerprint density at radius 2 is 2.33 bits per heavy atom. The van der Waals surface area contributed by atoms with Crippen LogP contribution in [0.5, 0.6) is 0 Å². The van der Waals surface area contributed by atoms with Gasteiger partial charge in [0, 0.05) is 5.41 Å². The van der Waals surface area contributed by atoms with Crippen LogP contribution in [0.2, 0.25) is 0 Å². The van der Waals surface area contributed by atoms with Gasteiger partial charge in [0.25, 0.3) is 0 Å². The van der Waals surface area contributed by atoms with Gasteiger partial charge in [0.15, 0.2) is 0 Å². The summed E-state index contributed by atoms with van der Waals surface area (Å²) in [6, 6.07) is 0. The summed E-state index contributed by atoms with van der Waals surface area (Å²) >= 11 is 0. The van der Waals surface area contributed by atoms with E-state index in [9.17, 15) is 0 Å². The van der Waals surface area contributed by atoms with E-state index in [-0.39, 0.29) is 0 Å². The summed E-state index contributed by atoms with van der Waals surface area (Å²) in [5.74, 6) is 0.746. The largest absolute Gasteiger partial charge is 0.0776 e. The average Bonchev–Trinajstić information content (AvgIpc) is 2.39. The summed E-state index contributed by atoms with van der Waals surface area (Å²) in [5, 5.41) is 0. The van der Waals surface area contributed by atoms with Crippen molar-refractivity contribution in [2.24, 2.45) is 11.3 Å². The van der Waals surface area contributed by atoms with E-state index in [0.717, 1.165) is 5.92 Å². The molecule has 0 unspecified atom stereocenters. The Kier molecular flexibility index (Phi) is 1.19. The van der Waals surface area contributed by atoms with Gasteiger partial charge in [0.2, 0.25) is 0 Å². The first-order valence-corrected chi connectivity index (χ1v) is 4.96. The van der Waals surface area contributed by atoms with E-state index in [1.54, 1.807) is 5.57 Å². The van der Waals surface area contributed by atoms with Crippen molar-refractivity contribution >= 4 is 0 Å². The van der Waals surface area contributed by atoms with Crippen LogP contribution in [0.3, 0.4) is 0 Å². The number of hydrogen-bond acceptors (Lipinski definition) is 0. The van der Waals surface area contributed by atoms with Gasteiger partial charge in [0.1, 0.15) is 0 Å². The lowest BCUT2D eigenvalue weighted by atomic mass is 9.82. The van der Waals surface area contributed by atoms with E-state index in [2.05, 4.69) is 30.4 Å². The zero-order valence-electron chi connectivity index (χ0n) is 7.29. The number of hydrogen-bond donors (Lipinski definition) is 0. The van der Waals surface area contributed by atoms with Crippen molar-refractivity contribution in [1.82, 2.24) is 0 Å². The number of rotatable bonds is 0. The Morgan fingerprint density at radius 3 is 3.33 bits per heavy atom. The van der Waals surface area contributed by atoms with Crippen molar-refractivity contribution < 1.29 is 0 Å². The van der Waals surface area contributed by atoms with Crippen LogP contribution in [0.1, 0.15) is 25.7 Å². The topological polar surface area (TPSA) is 0 Å². The Labute approximate surface area is 73.7 Å². The SMILES string of the molecule is C1=C[C@H]2C=C3CCC[C@]3(C=C1)C2. The van der Waals surface area contributed by atoms with Crippen LogP contribution in [0, 0.1) is 11.3 Å². The van der Waals surface area contributed by atoms with E-state index < -0.39 is 0 Å². The monoisotopic (exact) mass is 158 g/mol. The maximum Gasteiger partial charge on any atom is 0.0103 e. The average molecular weight is 158 g/mol. The molecule has 0 aromatic carbocycles. The van der Waals surface area contributed by atoms with E-state index in [1.165, 1.54) is 25.7 Å². The molecule has 2 bridgehead atoms. The van der Waals surface area contributed by atoms with E-state index >= 15 is 0 Å². The Morgan fingerprint density at radius 1 is 1.33 bits per heavy atom. The zero-order valence-corrected chi connectivity index (χ0v) is 7.29. The normalized spacial score (nSPS) is 42.7. The lowest BCUT2D eigenvalue weighted by Crippen LogP contribution is -2.11. The molecule has 1 saturated carbocycles. The lowest BCUT2D eigenvalue weighted by molar-refractivity contribution is 0.438. The highest BCUT2D eigenvalue weighted by Crippen LogP contribution is 2.54. The molecule has 3 rings (SSSR count). The Bertz CT molecular complexity index is 293. The predicted octanol–water partition coefficient (Wildman–Crippen LogP) is 3.23. The van der Waals surface area contributed by atoms with E-state index in [4.69, 9.17) is 0 Å². The van der Waals surface area contributed by atoms with Gasteiger partial charge >= 0.3 is 0 Å². The van der Waals surface area contributed by atoms with Crippen LogP contribution >= 0.6 is 0 Å². The highest BCUT2D eigenvalue weighted by molar-refractivity contribution is 5.37. The summed E-state index contributed by atoms with van der Waals surface area (Å²) in [6.07, 6.45) is 17.3. The highest BCUT2D eigenvalue weighted by Gasteiger charge is 2.41. The molecule has 3 aliphatic carbocycles. The maximum atomic E-state index is 2.51. The van der Waals surface area contributed by atoms with Crippen LogP contribution in [0.4, 0.5) is 0 Å². The van der Waals surface area contributed by atoms with Crippen LogP contribution in [-0.4, -0.2) is 0 Å². The van der Waals surface area contributed by atoms with Crippen LogP contribution < -0.4 is 0 Å². The zero-order chi connectivity index (χ0) is 8.02. The van der Waals surface area contributed by atoms with Gasteiger partial charge in [-0.1, -0.05) is 36.0 Å². The van der Waals surface area contributed by atoms with Crippen molar-refractivity contribution in [3.63, 3.8) is 0 Å². The third kappa shape index (κ3) is 0.730. The first-order chi connectivity index (χ1) is 5.89. The van der Waals surface area contributed by atoms with Crippen molar-refractivity contribution in [2.45, 2.75) is 25.7 Å². The molecule has 0 aliphatic heterocycles. The summed E-state index contributed by atoms with van der Waals surface area (Å²) in [5.41, 5.74) is 2.24. The summed E-state index contributed by atoms with van der Waals surface area (Å²) < 4.78 is 0. The first-order valence-electron chi connectivity index (χ1n) is 4.96. The molecule has 0 aromatic heterocycles. The minimum Gasteiger partial charge on any atom is -0.0776 e. The summed E-state index contributed by atoms with van der Waals surface area (Å²) in [4.78, 5) is 0. The standard InChI is InChI=1S/C12H14/c1-2-6-12-7-3-5-11(12)8-10(4-1)9-12/h1-2,4,6,8,10H,3,5,7,9H2/t10-,12+/m0/s1. The van der Waals surface area contributed by atoms with Crippen LogP contribution in [0.15, 0.2) is 36.0 Å². The molecule has 0 heterocycles. The fourth-order valence-electron chi connectivity index (χ4n) is 3.05. The highest BCUT2D eigenvalue weighted by atomic mass is 14.5. The molecule has 0 N–H and O–H groups in total. The molecular weight excluding hydrogens is 144 g/mol. The van der Waals surface area contributed by atoms with E-state index in [1.807, 2.05) is 0 Å². The fraction of sp³-hybridized carbons (Fsp3) is 0.500.